The van der Waals surface area contributed by atoms with E-state index >= 15 is 0 Å². The van der Waals surface area contributed by atoms with Crippen LogP contribution in [0.5, 0.6) is 0 Å². The van der Waals surface area contributed by atoms with Crippen molar-refractivity contribution in [1.29, 1.82) is 0 Å². The maximum atomic E-state index is 11.4. The van der Waals surface area contributed by atoms with Gasteiger partial charge in [-0.05, 0) is 29.8 Å². The van der Waals surface area contributed by atoms with E-state index in [1.54, 1.807) is 30.7 Å². The number of hydrogen-bond acceptors (Lipinski definition) is 4. The van der Waals surface area contributed by atoms with Crippen LogP contribution in [0, 0.1) is 0 Å². The zero-order valence-electron chi connectivity index (χ0n) is 12.1. The highest BCUT2D eigenvalue weighted by atomic mass is 16.5. The smallest absolute Gasteiger partial charge is 0.337 e. The van der Waals surface area contributed by atoms with E-state index in [4.69, 9.17) is 4.74 Å². The van der Waals surface area contributed by atoms with Gasteiger partial charge in [-0.1, -0.05) is 12.1 Å². The van der Waals surface area contributed by atoms with E-state index in [2.05, 4.69) is 9.97 Å². The van der Waals surface area contributed by atoms with Gasteiger partial charge < -0.3 is 9.30 Å². The summed E-state index contributed by atoms with van der Waals surface area (Å²) < 4.78 is 6.74. The molecule has 0 aliphatic heterocycles. The Bertz CT molecular complexity index is 764. The molecule has 0 saturated carbocycles. The molecule has 2 heterocycles. The third kappa shape index (κ3) is 2.88. The van der Waals surface area contributed by atoms with Crippen LogP contribution in [0.25, 0.3) is 11.4 Å². The van der Waals surface area contributed by atoms with Crippen molar-refractivity contribution in [3.05, 3.63) is 72.3 Å². The van der Waals surface area contributed by atoms with Gasteiger partial charge in [-0.15, -0.1) is 0 Å². The first-order chi connectivity index (χ1) is 10.8. The predicted molar refractivity (Wildman–Crippen MR) is 82.3 cm³/mol. The third-order valence-corrected chi connectivity index (χ3v) is 3.36. The molecular formula is C17H15N3O2. The van der Waals surface area contributed by atoms with Gasteiger partial charge in [0.25, 0.3) is 0 Å². The van der Waals surface area contributed by atoms with Gasteiger partial charge in [0.15, 0.2) is 0 Å². The van der Waals surface area contributed by atoms with Crippen molar-refractivity contribution < 1.29 is 9.53 Å². The molecule has 0 atom stereocenters. The number of methoxy groups -OCH3 is 1. The van der Waals surface area contributed by atoms with Crippen molar-refractivity contribution >= 4 is 5.97 Å². The lowest BCUT2D eigenvalue weighted by Gasteiger charge is -2.08. The van der Waals surface area contributed by atoms with Crippen LogP contribution in [0.4, 0.5) is 0 Å². The Morgan fingerprint density at radius 3 is 2.68 bits per heavy atom. The van der Waals surface area contributed by atoms with Crippen LogP contribution in [-0.2, 0) is 11.3 Å². The molecule has 0 saturated heterocycles. The van der Waals surface area contributed by atoms with Gasteiger partial charge in [0, 0.05) is 36.9 Å². The van der Waals surface area contributed by atoms with Crippen LogP contribution in [0.15, 0.2) is 61.2 Å². The van der Waals surface area contributed by atoms with Crippen LogP contribution in [0.2, 0.25) is 0 Å². The summed E-state index contributed by atoms with van der Waals surface area (Å²) in [4.78, 5) is 20.0. The second-order valence-corrected chi connectivity index (χ2v) is 4.81. The average Bonchev–Trinajstić information content (AvgIpc) is 3.04. The molecule has 110 valence electrons. The van der Waals surface area contributed by atoms with Crippen molar-refractivity contribution in [3.63, 3.8) is 0 Å². The maximum Gasteiger partial charge on any atom is 0.337 e. The van der Waals surface area contributed by atoms with Crippen LogP contribution in [-0.4, -0.2) is 27.6 Å². The normalized spacial score (nSPS) is 10.4. The van der Waals surface area contributed by atoms with E-state index in [1.165, 1.54) is 7.11 Å². The molecule has 0 fully saturated rings. The summed E-state index contributed by atoms with van der Waals surface area (Å²) in [5.41, 5.74) is 2.60. The molecule has 1 aromatic carbocycles. The van der Waals surface area contributed by atoms with Gasteiger partial charge >= 0.3 is 5.97 Å². The average molecular weight is 293 g/mol. The van der Waals surface area contributed by atoms with Gasteiger partial charge in [0.05, 0.1) is 12.7 Å². The molecule has 3 aromatic rings. The van der Waals surface area contributed by atoms with Crippen molar-refractivity contribution in [2.24, 2.45) is 0 Å². The molecule has 0 bridgehead atoms. The third-order valence-electron chi connectivity index (χ3n) is 3.36. The highest BCUT2D eigenvalue weighted by Gasteiger charge is 2.08. The standard InChI is InChI=1S/C17H15N3O2/c1-22-17(21)14-6-4-13(5-7-14)12-20-10-9-19-16(20)15-3-2-8-18-11-15/h2-11H,12H2,1H3. The fraction of sp³-hybridized carbons (Fsp3) is 0.118. The van der Waals surface area contributed by atoms with E-state index < -0.39 is 0 Å². The summed E-state index contributed by atoms with van der Waals surface area (Å²) in [6, 6.07) is 11.2. The van der Waals surface area contributed by atoms with Crippen LogP contribution in [0.1, 0.15) is 15.9 Å². The van der Waals surface area contributed by atoms with Crippen LogP contribution < -0.4 is 0 Å². The number of pyridine rings is 1. The van der Waals surface area contributed by atoms with Gasteiger partial charge in [-0.3, -0.25) is 4.98 Å². The second kappa shape index (κ2) is 6.22. The number of aromatic nitrogens is 3. The molecule has 3 rings (SSSR count). The predicted octanol–water partition coefficient (Wildman–Crippen LogP) is 2.78. The molecule has 0 unspecified atom stereocenters. The Morgan fingerprint density at radius 1 is 1.18 bits per heavy atom. The number of imidazole rings is 1. The monoisotopic (exact) mass is 293 g/mol. The molecule has 0 amide bonds. The quantitative estimate of drug-likeness (QED) is 0.694. The number of esters is 1. The molecule has 0 spiro atoms. The number of benzene rings is 1. The molecule has 0 radical (unpaired) electrons. The SMILES string of the molecule is COC(=O)c1ccc(Cn2ccnc2-c2cccnc2)cc1. The Hall–Kier alpha value is -2.95. The minimum absolute atomic E-state index is 0.328. The fourth-order valence-electron chi connectivity index (χ4n) is 2.25. The van der Waals surface area contributed by atoms with Crippen molar-refractivity contribution in [2.75, 3.05) is 7.11 Å². The number of hydrogen-bond donors (Lipinski definition) is 0. The van der Waals surface area contributed by atoms with E-state index in [0.717, 1.165) is 17.0 Å². The van der Waals surface area contributed by atoms with Crippen molar-refractivity contribution in [3.8, 4) is 11.4 Å². The molecule has 0 aliphatic rings. The van der Waals surface area contributed by atoms with Gasteiger partial charge in [-0.2, -0.15) is 0 Å². The molecule has 0 aliphatic carbocycles. The summed E-state index contributed by atoms with van der Waals surface area (Å²) in [6.45, 7) is 0.672. The first-order valence-corrected chi connectivity index (χ1v) is 6.87. The van der Waals surface area contributed by atoms with E-state index in [1.807, 2.05) is 35.0 Å². The summed E-state index contributed by atoms with van der Waals surface area (Å²) in [7, 11) is 1.38. The molecule has 2 aromatic heterocycles. The minimum Gasteiger partial charge on any atom is -0.465 e. The number of carbonyl (C=O) groups excluding carboxylic acids is 1. The van der Waals surface area contributed by atoms with E-state index in [-0.39, 0.29) is 5.97 Å². The zero-order chi connectivity index (χ0) is 15.4. The molecule has 22 heavy (non-hydrogen) atoms. The number of nitrogens with zero attached hydrogens (tertiary/aromatic N) is 3. The summed E-state index contributed by atoms with van der Waals surface area (Å²) in [5.74, 6) is 0.537. The van der Waals surface area contributed by atoms with E-state index in [0.29, 0.717) is 12.1 Å². The first-order valence-electron chi connectivity index (χ1n) is 6.87. The summed E-state index contributed by atoms with van der Waals surface area (Å²) >= 11 is 0. The van der Waals surface area contributed by atoms with Crippen LogP contribution in [0.3, 0.4) is 0 Å². The van der Waals surface area contributed by atoms with Crippen molar-refractivity contribution in [2.45, 2.75) is 6.54 Å². The lowest BCUT2D eigenvalue weighted by Crippen LogP contribution is -2.03. The Kier molecular flexibility index (Phi) is 3.96. The molecule has 5 nitrogen and oxygen atoms in total. The van der Waals surface area contributed by atoms with Crippen molar-refractivity contribution in [1.82, 2.24) is 14.5 Å². The molecule has 5 heteroatoms. The number of rotatable bonds is 4. The lowest BCUT2D eigenvalue weighted by molar-refractivity contribution is 0.0600. The zero-order valence-corrected chi connectivity index (χ0v) is 12.1. The number of ether oxygens (including phenoxy) is 1. The Labute approximate surface area is 128 Å². The van der Waals surface area contributed by atoms with Gasteiger partial charge in [-0.25, -0.2) is 9.78 Å². The topological polar surface area (TPSA) is 57.0 Å². The Balaban J connectivity index is 1.83. The highest BCUT2D eigenvalue weighted by molar-refractivity contribution is 5.89. The number of carbonyl (C=O) groups is 1. The van der Waals surface area contributed by atoms with E-state index in [9.17, 15) is 4.79 Å². The highest BCUT2D eigenvalue weighted by Crippen LogP contribution is 2.17. The minimum atomic E-state index is -0.328. The van der Waals surface area contributed by atoms with Gasteiger partial charge in [0.2, 0.25) is 0 Å². The van der Waals surface area contributed by atoms with Crippen LogP contribution >= 0.6 is 0 Å². The van der Waals surface area contributed by atoms with Gasteiger partial charge in [0.1, 0.15) is 5.82 Å². The molecule has 0 N–H and O–H groups in total. The summed E-state index contributed by atoms with van der Waals surface area (Å²) in [5, 5.41) is 0. The maximum absolute atomic E-state index is 11.4. The molecular weight excluding hydrogens is 278 g/mol. The first kappa shape index (κ1) is 14.0. The summed E-state index contributed by atoms with van der Waals surface area (Å²) in [6.07, 6.45) is 7.23. The lowest BCUT2D eigenvalue weighted by atomic mass is 10.1. The fourth-order valence-corrected chi connectivity index (χ4v) is 2.25. The largest absolute Gasteiger partial charge is 0.465 e. The Morgan fingerprint density at radius 2 is 2.00 bits per heavy atom. The second-order valence-electron chi connectivity index (χ2n) is 4.81.